The Morgan fingerprint density at radius 3 is 2.16 bits per heavy atom. The van der Waals surface area contributed by atoms with Gasteiger partial charge in [-0.3, -0.25) is 14.4 Å². The first-order chi connectivity index (χ1) is 11.8. The minimum atomic E-state index is -0.816. The van der Waals surface area contributed by atoms with Crippen molar-refractivity contribution in [1.82, 2.24) is 5.32 Å². The molecule has 6 nitrogen and oxygen atoms in total. The molecule has 0 heterocycles. The van der Waals surface area contributed by atoms with E-state index in [4.69, 9.17) is 5.73 Å². The van der Waals surface area contributed by atoms with Gasteiger partial charge in [-0.2, -0.15) is 0 Å². The summed E-state index contributed by atoms with van der Waals surface area (Å²) < 4.78 is 0.926. The molecule has 0 bridgehead atoms. The quantitative estimate of drug-likeness (QED) is 0.688. The number of carbonyl (C=O) groups excluding carboxylic acids is 3. The number of primary amides is 1. The molecule has 0 aliphatic rings. The maximum Gasteiger partial charge on any atom is 0.251 e. The van der Waals surface area contributed by atoms with Crippen LogP contribution in [-0.2, 0) is 16.0 Å². The van der Waals surface area contributed by atoms with Crippen molar-refractivity contribution in [2.24, 2.45) is 5.73 Å². The van der Waals surface area contributed by atoms with Crippen LogP contribution in [0.3, 0.4) is 0 Å². The van der Waals surface area contributed by atoms with Crippen LogP contribution in [0.1, 0.15) is 22.8 Å². The highest BCUT2D eigenvalue weighted by atomic mass is 79.9. The summed E-state index contributed by atoms with van der Waals surface area (Å²) in [5, 5.41) is 5.26. The van der Waals surface area contributed by atoms with Gasteiger partial charge in [0, 0.05) is 29.1 Å². The predicted molar refractivity (Wildman–Crippen MR) is 99.0 cm³/mol. The zero-order valence-corrected chi connectivity index (χ0v) is 15.2. The number of benzene rings is 2. The van der Waals surface area contributed by atoms with Crippen LogP contribution in [0.25, 0.3) is 0 Å². The fourth-order valence-corrected chi connectivity index (χ4v) is 2.49. The van der Waals surface area contributed by atoms with E-state index in [1.54, 1.807) is 24.3 Å². The molecule has 0 spiro atoms. The maximum atomic E-state index is 12.3. The first-order valence-electron chi connectivity index (χ1n) is 7.57. The number of nitrogens with one attached hydrogen (secondary N) is 2. The molecular formula is C18H18BrN3O3. The summed E-state index contributed by atoms with van der Waals surface area (Å²) in [7, 11) is 0. The van der Waals surface area contributed by atoms with Gasteiger partial charge in [0.1, 0.15) is 6.04 Å². The highest BCUT2D eigenvalue weighted by Crippen LogP contribution is 2.13. The molecule has 3 amide bonds. The van der Waals surface area contributed by atoms with Gasteiger partial charge in [-0.15, -0.1) is 0 Å². The molecule has 7 heteroatoms. The zero-order valence-electron chi connectivity index (χ0n) is 13.6. The van der Waals surface area contributed by atoms with Crippen LogP contribution >= 0.6 is 15.9 Å². The highest BCUT2D eigenvalue weighted by molar-refractivity contribution is 9.10. The van der Waals surface area contributed by atoms with Crippen molar-refractivity contribution in [3.8, 4) is 0 Å². The number of amides is 3. The molecule has 0 saturated carbocycles. The van der Waals surface area contributed by atoms with Crippen LogP contribution in [0, 0.1) is 0 Å². The van der Waals surface area contributed by atoms with Gasteiger partial charge in [0.25, 0.3) is 5.91 Å². The molecule has 130 valence electrons. The van der Waals surface area contributed by atoms with Crippen LogP contribution in [-0.4, -0.2) is 23.8 Å². The van der Waals surface area contributed by atoms with Gasteiger partial charge in [0.2, 0.25) is 11.8 Å². The third kappa shape index (κ3) is 5.72. The van der Waals surface area contributed by atoms with Crippen molar-refractivity contribution in [3.05, 3.63) is 64.1 Å². The van der Waals surface area contributed by atoms with E-state index < -0.39 is 17.9 Å². The third-order valence-electron chi connectivity index (χ3n) is 3.47. The van der Waals surface area contributed by atoms with Crippen molar-refractivity contribution in [1.29, 1.82) is 0 Å². The van der Waals surface area contributed by atoms with Gasteiger partial charge in [-0.25, -0.2) is 0 Å². The average molecular weight is 404 g/mol. The molecule has 0 saturated heterocycles. The first kappa shape index (κ1) is 18.7. The SMILES string of the molecule is CC(=O)Nc1ccc(C(=O)N[C@@H](Cc2ccc(Br)cc2)C(N)=O)cc1. The fourth-order valence-electron chi connectivity index (χ4n) is 2.23. The van der Waals surface area contributed by atoms with E-state index >= 15 is 0 Å². The van der Waals surface area contributed by atoms with Crippen molar-refractivity contribution in [3.63, 3.8) is 0 Å². The lowest BCUT2D eigenvalue weighted by atomic mass is 10.0. The fraction of sp³-hybridized carbons (Fsp3) is 0.167. The predicted octanol–water partition coefficient (Wildman–Crippen LogP) is 2.23. The molecule has 2 rings (SSSR count). The Kier molecular flexibility index (Phi) is 6.30. The highest BCUT2D eigenvalue weighted by Gasteiger charge is 2.19. The van der Waals surface area contributed by atoms with E-state index in [1.165, 1.54) is 6.92 Å². The number of anilines is 1. The Morgan fingerprint density at radius 1 is 1.04 bits per heavy atom. The Hall–Kier alpha value is -2.67. The molecule has 2 aromatic rings. The number of halogens is 1. The lowest BCUT2D eigenvalue weighted by molar-refractivity contribution is -0.119. The van der Waals surface area contributed by atoms with Gasteiger partial charge < -0.3 is 16.4 Å². The van der Waals surface area contributed by atoms with Gasteiger partial charge in [0.15, 0.2) is 0 Å². The molecule has 0 radical (unpaired) electrons. The lowest BCUT2D eigenvalue weighted by Crippen LogP contribution is -2.45. The average Bonchev–Trinajstić information content (AvgIpc) is 2.56. The second-order valence-electron chi connectivity index (χ2n) is 5.52. The molecule has 0 aliphatic carbocycles. The molecule has 0 fully saturated rings. The minimum Gasteiger partial charge on any atom is -0.368 e. The standard InChI is InChI=1S/C18H18BrN3O3/c1-11(23)21-15-8-4-13(5-9-15)18(25)22-16(17(20)24)10-12-2-6-14(19)7-3-12/h2-9,16H,10H2,1H3,(H2,20,24)(H,21,23)(H,22,25)/t16-/m0/s1. The Labute approximate surface area is 153 Å². The molecule has 0 unspecified atom stereocenters. The van der Waals surface area contributed by atoms with Crippen LogP contribution in [0.4, 0.5) is 5.69 Å². The van der Waals surface area contributed by atoms with Crippen LogP contribution in [0.5, 0.6) is 0 Å². The van der Waals surface area contributed by atoms with Crippen molar-refractivity contribution in [2.45, 2.75) is 19.4 Å². The molecule has 1 atom stereocenters. The Bertz CT molecular complexity index is 773. The van der Waals surface area contributed by atoms with Gasteiger partial charge in [-0.1, -0.05) is 28.1 Å². The molecular weight excluding hydrogens is 386 g/mol. The van der Waals surface area contributed by atoms with Crippen molar-refractivity contribution in [2.75, 3.05) is 5.32 Å². The first-order valence-corrected chi connectivity index (χ1v) is 8.36. The summed E-state index contributed by atoms with van der Waals surface area (Å²) in [5.74, 6) is -1.21. The normalized spacial score (nSPS) is 11.4. The Balaban J connectivity index is 2.05. The molecule has 25 heavy (non-hydrogen) atoms. The van der Waals surface area contributed by atoms with Crippen LogP contribution in [0.15, 0.2) is 53.0 Å². The summed E-state index contributed by atoms with van der Waals surface area (Å²) in [6, 6.07) is 13.0. The van der Waals surface area contributed by atoms with Gasteiger partial charge in [-0.05, 0) is 42.0 Å². The number of hydrogen-bond acceptors (Lipinski definition) is 3. The molecule has 0 aromatic heterocycles. The number of hydrogen-bond donors (Lipinski definition) is 3. The monoisotopic (exact) mass is 403 g/mol. The largest absolute Gasteiger partial charge is 0.368 e. The maximum absolute atomic E-state index is 12.3. The molecule has 2 aromatic carbocycles. The second kappa shape index (κ2) is 8.43. The topological polar surface area (TPSA) is 101 Å². The number of nitrogens with two attached hydrogens (primary N) is 1. The second-order valence-corrected chi connectivity index (χ2v) is 6.43. The summed E-state index contributed by atoms with van der Waals surface area (Å²) in [6.45, 7) is 1.40. The van der Waals surface area contributed by atoms with E-state index in [0.717, 1.165) is 10.0 Å². The zero-order chi connectivity index (χ0) is 18.4. The van der Waals surface area contributed by atoms with Crippen LogP contribution in [0.2, 0.25) is 0 Å². The van der Waals surface area contributed by atoms with E-state index in [2.05, 4.69) is 26.6 Å². The molecule has 0 aliphatic heterocycles. The minimum absolute atomic E-state index is 0.194. The smallest absolute Gasteiger partial charge is 0.251 e. The number of carbonyl (C=O) groups is 3. The van der Waals surface area contributed by atoms with Crippen LogP contribution < -0.4 is 16.4 Å². The lowest BCUT2D eigenvalue weighted by Gasteiger charge is -2.16. The van der Waals surface area contributed by atoms with Crippen molar-refractivity contribution < 1.29 is 14.4 Å². The summed E-state index contributed by atoms with van der Waals surface area (Å²) in [5.41, 5.74) is 7.25. The number of rotatable bonds is 6. The summed E-state index contributed by atoms with van der Waals surface area (Å²) >= 11 is 3.34. The summed E-state index contributed by atoms with van der Waals surface area (Å²) in [6.07, 6.45) is 0.304. The van der Waals surface area contributed by atoms with E-state index in [-0.39, 0.29) is 5.91 Å². The molecule has 4 N–H and O–H groups in total. The Morgan fingerprint density at radius 2 is 1.64 bits per heavy atom. The van der Waals surface area contributed by atoms with E-state index in [0.29, 0.717) is 17.7 Å². The van der Waals surface area contributed by atoms with Gasteiger partial charge >= 0.3 is 0 Å². The van der Waals surface area contributed by atoms with Crippen molar-refractivity contribution >= 4 is 39.3 Å². The third-order valence-corrected chi connectivity index (χ3v) is 4.00. The van der Waals surface area contributed by atoms with E-state index in [9.17, 15) is 14.4 Å². The van der Waals surface area contributed by atoms with E-state index in [1.807, 2.05) is 24.3 Å². The summed E-state index contributed by atoms with van der Waals surface area (Å²) in [4.78, 5) is 35.0. The van der Waals surface area contributed by atoms with Gasteiger partial charge in [0.05, 0.1) is 0 Å².